The summed E-state index contributed by atoms with van der Waals surface area (Å²) in [4.78, 5) is 43.7. The van der Waals surface area contributed by atoms with Crippen LogP contribution in [0.1, 0.15) is 31.5 Å². The topological polar surface area (TPSA) is 150 Å². The lowest BCUT2D eigenvalue weighted by atomic mass is 9.97. The number of H-pyrrole nitrogens is 1. The number of nitrogens with two attached hydrogens (primary N) is 1. The number of benzene rings is 1. The molecule has 2 rings (SSSR count). The Balaban J connectivity index is 2.17. The Morgan fingerprint density at radius 2 is 1.86 bits per heavy atom. The minimum absolute atomic E-state index is 0.0383. The number of aromatic nitrogens is 2. The molecular weight excluding hydrogens is 374 g/mol. The van der Waals surface area contributed by atoms with E-state index in [4.69, 9.17) is 5.73 Å². The van der Waals surface area contributed by atoms with E-state index in [1.54, 1.807) is 13.8 Å². The van der Waals surface area contributed by atoms with Crippen LogP contribution in [0.15, 0.2) is 42.9 Å². The van der Waals surface area contributed by atoms with Crippen molar-refractivity contribution in [1.82, 2.24) is 20.6 Å². The number of hydrogen-bond acceptors (Lipinski definition) is 5. The molecule has 1 aromatic heterocycles. The number of aliphatic carboxylic acids is 1. The second kappa shape index (κ2) is 9.83. The molecule has 0 radical (unpaired) electrons. The summed E-state index contributed by atoms with van der Waals surface area (Å²) in [6, 6.07) is 7.00. The molecule has 0 saturated carbocycles. The predicted molar refractivity (Wildman–Crippen MR) is 107 cm³/mol. The van der Waals surface area contributed by atoms with Crippen LogP contribution in [0, 0.1) is 0 Å². The van der Waals surface area contributed by atoms with Crippen molar-refractivity contribution in [1.29, 1.82) is 0 Å². The molecule has 9 nitrogen and oxygen atoms in total. The summed E-state index contributed by atoms with van der Waals surface area (Å²) >= 11 is 0. The summed E-state index contributed by atoms with van der Waals surface area (Å²) in [7, 11) is 0. The smallest absolute Gasteiger partial charge is 0.326 e. The van der Waals surface area contributed by atoms with Crippen molar-refractivity contribution in [3.63, 3.8) is 0 Å². The van der Waals surface area contributed by atoms with E-state index in [0.29, 0.717) is 12.1 Å². The lowest BCUT2D eigenvalue weighted by Crippen LogP contribution is -2.59. The van der Waals surface area contributed by atoms with Crippen LogP contribution in [-0.2, 0) is 27.2 Å². The molecule has 0 aliphatic rings. The number of hydrogen-bond donors (Lipinski definition) is 5. The summed E-state index contributed by atoms with van der Waals surface area (Å²) in [5.41, 5.74) is 6.24. The van der Waals surface area contributed by atoms with Gasteiger partial charge >= 0.3 is 5.97 Å². The molecule has 2 aromatic rings. The van der Waals surface area contributed by atoms with Crippen molar-refractivity contribution in [2.24, 2.45) is 5.73 Å². The molecule has 0 fully saturated rings. The first-order valence-corrected chi connectivity index (χ1v) is 9.37. The number of amides is 2. The van der Waals surface area contributed by atoms with Gasteiger partial charge in [-0.15, -0.1) is 0 Å². The largest absolute Gasteiger partial charge is 0.480 e. The summed E-state index contributed by atoms with van der Waals surface area (Å²) in [5.74, 6) is -2.26. The fourth-order valence-corrected chi connectivity index (χ4v) is 2.63. The molecule has 156 valence electrons. The van der Waals surface area contributed by atoms with Crippen LogP contribution >= 0.6 is 0 Å². The average Bonchev–Trinajstić information content (AvgIpc) is 3.20. The number of nitrogens with zero attached hydrogens (tertiary/aromatic N) is 1. The highest BCUT2D eigenvalue weighted by molar-refractivity contribution is 5.93. The first-order chi connectivity index (χ1) is 13.7. The van der Waals surface area contributed by atoms with Crippen LogP contribution in [0.3, 0.4) is 0 Å². The van der Waals surface area contributed by atoms with Crippen molar-refractivity contribution >= 4 is 17.8 Å². The molecule has 2 amide bonds. The Morgan fingerprint density at radius 1 is 1.17 bits per heavy atom. The fourth-order valence-electron chi connectivity index (χ4n) is 2.63. The Bertz CT molecular complexity index is 821. The summed E-state index contributed by atoms with van der Waals surface area (Å²) in [6.45, 7) is 3.36. The Hall–Kier alpha value is -3.20. The van der Waals surface area contributed by atoms with Gasteiger partial charge in [-0.3, -0.25) is 9.59 Å². The van der Waals surface area contributed by atoms with Gasteiger partial charge in [0.15, 0.2) is 0 Å². The lowest BCUT2D eigenvalue weighted by Gasteiger charge is -2.27. The van der Waals surface area contributed by atoms with Gasteiger partial charge < -0.3 is 26.5 Å². The molecular formula is C20H27N5O4. The van der Waals surface area contributed by atoms with Crippen LogP contribution in [0.25, 0.3) is 0 Å². The van der Waals surface area contributed by atoms with Crippen LogP contribution in [0.2, 0.25) is 0 Å². The molecule has 6 N–H and O–H groups in total. The zero-order chi connectivity index (χ0) is 21.4. The van der Waals surface area contributed by atoms with E-state index in [9.17, 15) is 19.5 Å². The van der Waals surface area contributed by atoms with E-state index in [1.807, 2.05) is 30.3 Å². The van der Waals surface area contributed by atoms with E-state index in [1.165, 1.54) is 12.5 Å². The van der Waals surface area contributed by atoms with Gasteiger partial charge in [0, 0.05) is 24.7 Å². The molecule has 9 heteroatoms. The van der Waals surface area contributed by atoms with E-state index in [-0.39, 0.29) is 12.8 Å². The van der Waals surface area contributed by atoms with Crippen molar-refractivity contribution < 1.29 is 19.5 Å². The molecule has 1 heterocycles. The third kappa shape index (κ3) is 6.42. The maximum atomic E-state index is 12.9. The molecule has 29 heavy (non-hydrogen) atoms. The number of carboxylic acid groups (broad SMARTS) is 1. The van der Waals surface area contributed by atoms with Crippen molar-refractivity contribution in [3.05, 3.63) is 54.1 Å². The second-order valence-electron chi connectivity index (χ2n) is 7.17. The van der Waals surface area contributed by atoms with Gasteiger partial charge in [-0.1, -0.05) is 37.3 Å². The van der Waals surface area contributed by atoms with Crippen LogP contribution in [0.5, 0.6) is 0 Å². The Morgan fingerprint density at radius 3 is 2.41 bits per heavy atom. The van der Waals surface area contributed by atoms with Crippen molar-refractivity contribution in [2.75, 3.05) is 0 Å². The predicted octanol–water partition coefficient (Wildman–Crippen LogP) is 0.377. The van der Waals surface area contributed by atoms with E-state index < -0.39 is 35.4 Å². The van der Waals surface area contributed by atoms with Crippen LogP contribution in [0.4, 0.5) is 0 Å². The van der Waals surface area contributed by atoms with Gasteiger partial charge in [0.05, 0.1) is 11.9 Å². The third-order valence-corrected chi connectivity index (χ3v) is 4.75. The number of imidazole rings is 1. The van der Waals surface area contributed by atoms with Gasteiger partial charge in [0.2, 0.25) is 11.8 Å². The van der Waals surface area contributed by atoms with Gasteiger partial charge in [0.25, 0.3) is 0 Å². The maximum Gasteiger partial charge on any atom is 0.326 e. The Kier molecular flexibility index (Phi) is 7.49. The van der Waals surface area contributed by atoms with Crippen molar-refractivity contribution in [3.8, 4) is 0 Å². The van der Waals surface area contributed by atoms with Gasteiger partial charge in [-0.05, 0) is 18.9 Å². The number of rotatable bonds is 10. The highest BCUT2D eigenvalue weighted by Crippen LogP contribution is 2.09. The molecule has 0 spiro atoms. The molecule has 1 aromatic carbocycles. The fraction of sp³-hybridized carbons (Fsp3) is 0.400. The monoisotopic (exact) mass is 401 g/mol. The summed E-state index contributed by atoms with van der Waals surface area (Å²) in [5, 5.41) is 14.7. The zero-order valence-electron chi connectivity index (χ0n) is 16.5. The normalized spacial score (nSPS) is 15.0. The lowest BCUT2D eigenvalue weighted by molar-refractivity contribution is -0.142. The van der Waals surface area contributed by atoms with Gasteiger partial charge in [-0.25, -0.2) is 9.78 Å². The third-order valence-electron chi connectivity index (χ3n) is 4.75. The highest BCUT2D eigenvalue weighted by atomic mass is 16.4. The number of carbonyl (C=O) groups excluding carboxylic acids is 2. The molecule has 0 unspecified atom stereocenters. The summed E-state index contributed by atoms with van der Waals surface area (Å²) in [6.07, 6.45) is 3.55. The quantitative estimate of drug-likeness (QED) is 0.388. The minimum atomic E-state index is -1.19. The van der Waals surface area contributed by atoms with E-state index in [0.717, 1.165) is 5.56 Å². The molecule has 0 aliphatic heterocycles. The molecule has 3 atom stereocenters. The number of aromatic amines is 1. The van der Waals surface area contributed by atoms with Crippen molar-refractivity contribution in [2.45, 2.75) is 50.7 Å². The maximum absolute atomic E-state index is 12.9. The standard InChI is InChI=1S/C20H27N5O4/c1-3-20(2,21)19(29)25-15(9-13-7-5-4-6-8-13)17(26)24-16(18(27)28)10-14-11-22-12-23-14/h4-8,11-12,15-16H,3,9-10,21H2,1-2H3,(H,22,23)(H,24,26)(H,25,29)(H,27,28)/t15-,16-,20-/m0/s1. The van der Waals surface area contributed by atoms with Gasteiger partial charge in [-0.2, -0.15) is 0 Å². The van der Waals surface area contributed by atoms with E-state index in [2.05, 4.69) is 20.6 Å². The summed E-state index contributed by atoms with van der Waals surface area (Å²) < 4.78 is 0. The minimum Gasteiger partial charge on any atom is -0.480 e. The Labute approximate surface area is 169 Å². The van der Waals surface area contributed by atoms with Gasteiger partial charge in [0.1, 0.15) is 12.1 Å². The first-order valence-electron chi connectivity index (χ1n) is 9.37. The average molecular weight is 401 g/mol. The molecule has 0 bridgehead atoms. The highest BCUT2D eigenvalue weighted by Gasteiger charge is 2.32. The first kappa shape index (κ1) is 22.1. The molecule has 0 saturated heterocycles. The zero-order valence-corrected chi connectivity index (χ0v) is 16.5. The number of carboxylic acids is 1. The number of carbonyl (C=O) groups is 3. The van der Waals surface area contributed by atoms with Crippen LogP contribution in [-0.4, -0.2) is 50.5 Å². The SMILES string of the molecule is CC[C@](C)(N)C(=O)N[C@@H](Cc1ccccc1)C(=O)N[C@@H](Cc1cnc[nH]1)C(=O)O. The van der Waals surface area contributed by atoms with E-state index >= 15 is 0 Å². The second-order valence-corrected chi connectivity index (χ2v) is 7.17. The number of nitrogens with one attached hydrogen (secondary N) is 3. The van der Waals surface area contributed by atoms with Crippen LogP contribution < -0.4 is 16.4 Å². The molecule has 0 aliphatic carbocycles.